The lowest BCUT2D eigenvalue weighted by Gasteiger charge is -2.29. The number of hydrogen-bond donors (Lipinski definition) is 0. The quantitative estimate of drug-likeness (QED) is 0.376. The molecular formula is C11H17NO4. The fraction of sp³-hybridized carbons (Fsp3) is 0.727. The number of esters is 1. The zero-order valence-corrected chi connectivity index (χ0v) is 10.1. The molecule has 1 aliphatic heterocycles. The lowest BCUT2D eigenvalue weighted by atomic mass is 9.97. The molecule has 1 heterocycles. The van der Waals surface area contributed by atoms with Crippen molar-refractivity contribution in [1.82, 2.24) is 4.90 Å². The minimum Gasteiger partial charge on any atom is -0.459 e. The summed E-state index contributed by atoms with van der Waals surface area (Å²) >= 11 is 0. The summed E-state index contributed by atoms with van der Waals surface area (Å²) in [6.45, 7) is 5.23. The summed E-state index contributed by atoms with van der Waals surface area (Å²) in [5.41, 5.74) is -0.614. The molecule has 2 amide bonds. The van der Waals surface area contributed by atoms with Crippen molar-refractivity contribution >= 4 is 17.8 Å². The summed E-state index contributed by atoms with van der Waals surface area (Å²) in [6, 6.07) is 0. The first-order valence-electron chi connectivity index (χ1n) is 5.25. The van der Waals surface area contributed by atoms with Crippen LogP contribution >= 0.6 is 0 Å². The SMILES string of the molecule is CN1C(=O)CCC(C(=O)OC(C)(C)C)C1=O. The van der Waals surface area contributed by atoms with Crippen molar-refractivity contribution in [2.24, 2.45) is 5.92 Å². The van der Waals surface area contributed by atoms with E-state index in [0.29, 0.717) is 0 Å². The van der Waals surface area contributed by atoms with Crippen LogP contribution in [0.2, 0.25) is 0 Å². The van der Waals surface area contributed by atoms with Gasteiger partial charge in [0, 0.05) is 13.5 Å². The van der Waals surface area contributed by atoms with E-state index in [0.717, 1.165) is 4.90 Å². The normalized spacial score (nSPS) is 22.2. The molecule has 1 fully saturated rings. The minimum atomic E-state index is -0.832. The second-order valence-electron chi connectivity index (χ2n) is 4.92. The maximum atomic E-state index is 11.7. The van der Waals surface area contributed by atoms with Gasteiger partial charge in [-0.2, -0.15) is 0 Å². The van der Waals surface area contributed by atoms with Crippen molar-refractivity contribution in [2.75, 3.05) is 7.05 Å². The van der Waals surface area contributed by atoms with Gasteiger partial charge in [-0.25, -0.2) is 0 Å². The number of hydrogen-bond acceptors (Lipinski definition) is 4. The lowest BCUT2D eigenvalue weighted by Crippen LogP contribution is -2.46. The van der Waals surface area contributed by atoms with Crippen LogP contribution < -0.4 is 0 Å². The number of carbonyl (C=O) groups excluding carboxylic acids is 3. The highest BCUT2D eigenvalue weighted by Gasteiger charge is 2.38. The largest absolute Gasteiger partial charge is 0.459 e. The molecule has 1 atom stereocenters. The van der Waals surface area contributed by atoms with Crippen molar-refractivity contribution in [2.45, 2.75) is 39.2 Å². The van der Waals surface area contributed by atoms with Gasteiger partial charge in [0.25, 0.3) is 0 Å². The van der Waals surface area contributed by atoms with Gasteiger partial charge in [0.05, 0.1) is 0 Å². The number of imide groups is 1. The van der Waals surface area contributed by atoms with E-state index in [2.05, 4.69) is 0 Å². The highest BCUT2D eigenvalue weighted by atomic mass is 16.6. The highest BCUT2D eigenvalue weighted by molar-refractivity contribution is 6.07. The van der Waals surface area contributed by atoms with E-state index in [4.69, 9.17) is 4.74 Å². The fourth-order valence-electron chi connectivity index (χ4n) is 1.51. The number of amides is 2. The molecule has 1 unspecified atom stereocenters. The Balaban J connectivity index is 2.71. The zero-order chi connectivity index (χ0) is 12.5. The van der Waals surface area contributed by atoms with Crippen LogP contribution in [-0.4, -0.2) is 35.3 Å². The minimum absolute atomic E-state index is 0.214. The number of rotatable bonds is 1. The third-order valence-electron chi connectivity index (χ3n) is 2.34. The predicted octanol–water partition coefficient (Wildman–Crippen LogP) is 0.723. The average Bonchev–Trinajstić information content (AvgIpc) is 2.11. The van der Waals surface area contributed by atoms with E-state index >= 15 is 0 Å². The maximum absolute atomic E-state index is 11.7. The second kappa shape index (κ2) is 4.23. The molecule has 90 valence electrons. The highest BCUT2D eigenvalue weighted by Crippen LogP contribution is 2.21. The van der Waals surface area contributed by atoms with Crippen molar-refractivity contribution in [3.63, 3.8) is 0 Å². The van der Waals surface area contributed by atoms with Crippen LogP contribution in [0.25, 0.3) is 0 Å². The first-order chi connectivity index (χ1) is 7.22. The Labute approximate surface area is 94.7 Å². The van der Waals surface area contributed by atoms with Gasteiger partial charge in [0.2, 0.25) is 11.8 Å². The molecule has 16 heavy (non-hydrogen) atoms. The van der Waals surface area contributed by atoms with E-state index in [1.165, 1.54) is 7.05 Å². The average molecular weight is 227 g/mol. The topological polar surface area (TPSA) is 63.7 Å². The third kappa shape index (κ3) is 2.81. The smallest absolute Gasteiger partial charge is 0.319 e. The first kappa shape index (κ1) is 12.7. The first-order valence-corrected chi connectivity index (χ1v) is 5.25. The molecule has 1 aliphatic rings. The number of nitrogens with zero attached hydrogens (tertiary/aromatic N) is 1. The molecule has 0 aliphatic carbocycles. The monoisotopic (exact) mass is 227 g/mol. The number of likely N-dealkylation sites (tertiary alicyclic amines) is 1. The van der Waals surface area contributed by atoms with Crippen molar-refractivity contribution < 1.29 is 19.1 Å². The van der Waals surface area contributed by atoms with E-state index in [1.807, 2.05) is 0 Å². The molecule has 0 aromatic heterocycles. The van der Waals surface area contributed by atoms with Crippen LogP contribution in [-0.2, 0) is 19.1 Å². The Morgan fingerprint density at radius 1 is 1.38 bits per heavy atom. The van der Waals surface area contributed by atoms with Gasteiger partial charge in [-0.15, -0.1) is 0 Å². The molecule has 1 rings (SSSR count). The van der Waals surface area contributed by atoms with E-state index in [9.17, 15) is 14.4 Å². The molecule has 0 spiro atoms. The van der Waals surface area contributed by atoms with E-state index < -0.39 is 23.4 Å². The van der Waals surface area contributed by atoms with Crippen LogP contribution in [0.3, 0.4) is 0 Å². The summed E-state index contributed by atoms with van der Waals surface area (Å²) in [6.07, 6.45) is 0.461. The number of ether oxygens (including phenoxy) is 1. The number of carbonyl (C=O) groups is 3. The van der Waals surface area contributed by atoms with Gasteiger partial charge in [-0.1, -0.05) is 0 Å². The lowest BCUT2D eigenvalue weighted by molar-refractivity contribution is -0.168. The van der Waals surface area contributed by atoms with Crippen molar-refractivity contribution in [3.05, 3.63) is 0 Å². The van der Waals surface area contributed by atoms with Crippen molar-refractivity contribution in [3.8, 4) is 0 Å². The Hall–Kier alpha value is -1.39. The van der Waals surface area contributed by atoms with Crippen LogP contribution in [0.4, 0.5) is 0 Å². The van der Waals surface area contributed by atoms with Gasteiger partial charge in [0.15, 0.2) is 0 Å². The van der Waals surface area contributed by atoms with Gasteiger partial charge in [-0.05, 0) is 27.2 Å². The molecule has 5 heteroatoms. The molecule has 0 aromatic rings. The van der Waals surface area contributed by atoms with Gasteiger partial charge in [-0.3, -0.25) is 19.3 Å². The molecule has 0 aromatic carbocycles. The number of piperidine rings is 1. The van der Waals surface area contributed by atoms with Gasteiger partial charge in [0.1, 0.15) is 11.5 Å². The van der Waals surface area contributed by atoms with E-state index in [1.54, 1.807) is 20.8 Å². The predicted molar refractivity (Wildman–Crippen MR) is 56.3 cm³/mol. The Kier molecular flexibility index (Phi) is 3.35. The van der Waals surface area contributed by atoms with Crippen LogP contribution in [0.5, 0.6) is 0 Å². The van der Waals surface area contributed by atoms with Crippen LogP contribution in [0.1, 0.15) is 33.6 Å². The van der Waals surface area contributed by atoms with Gasteiger partial charge < -0.3 is 4.74 Å². The summed E-state index contributed by atoms with van der Waals surface area (Å²) in [5, 5.41) is 0. The Bertz CT molecular complexity index is 329. The zero-order valence-electron chi connectivity index (χ0n) is 10.1. The van der Waals surface area contributed by atoms with Crippen molar-refractivity contribution in [1.29, 1.82) is 0 Å². The summed E-state index contributed by atoms with van der Waals surface area (Å²) in [4.78, 5) is 35.6. The fourth-order valence-corrected chi connectivity index (χ4v) is 1.51. The third-order valence-corrected chi connectivity index (χ3v) is 2.34. The molecule has 0 saturated carbocycles. The molecule has 5 nitrogen and oxygen atoms in total. The standard InChI is InChI=1S/C11H17NO4/c1-11(2,3)16-10(15)7-5-6-8(13)12(4)9(7)14/h7H,5-6H2,1-4H3. The molecule has 0 radical (unpaired) electrons. The summed E-state index contributed by atoms with van der Waals surface area (Å²) < 4.78 is 5.13. The van der Waals surface area contributed by atoms with Gasteiger partial charge >= 0.3 is 5.97 Å². The van der Waals surface area contributed by atoms with Crippen LogP contribution in [0, 0.1) is 5.92 Å². The molecular weight excluding hydrogens is 210 g/mol. The van der Waals surface area contributed by atoms with Crippen LogP contribution in [0.15, 0.2) is 0 Å². The molecule has 0 bridgehead atoms. The van der Waals surface area contributed by atoms with E-state index in [-0.39, 0.29) is 18.7 Å². The Morgan fingerprint density at radius 3 is 2.44 bits per heavy atom. The summed E-state index contributed by atoms with van der Waals surface area (Å²) in [5.74, 6) is -2.09. The Morgan fingerprint density at radius 2 is 1.94 bits per heavy atom. The summed E-state index contributed by atoms with van der Waals surface area (Å²) in [7, 11) is 1.39. The molecule has 1 saturated heterocycles. The molecule has 0 N–H and O–H groups in total. The maximum Gasteiger partial charge on any atom is 0.319 e. The second-order valence-corrected chi connectivity index (χ2v) is 4.92.